The molecule has 1 aromatic carbocycles. The highest BCUT2D eigenvalue weighted by Crippen LogP contribution is 2.26. The van der Waals surface area contributed by atoms with Gasteiger partial charge < -0.3 is 5.32 Å². The topological polar surface area (TPSA) is 12.0 Å². The number of hydrogen-bond acceptors (Lipinski definition) is 2. The van der Waals surface area contributed by atoms with Gasteiger partial charge in [-0.2, -0.15) is 11.3 Å². The second-order valence-electron chi connectivity index (χ2n) is 5.23. The van der Waals surface area contributed by atoms with Crippen LogP contribution in [0.2, 0.25) is 10.0 Å². The Hall–Kier alpha value is -0.540. The Balaban J connectivity index is 2.01. The molecule has 1 aromatic heterocycles. The number of rotatable bonds is 8. The van der Waals surface area contributed by atoms with Crippen molar-refractivity contribution >= 4 is 34.5 Å². The lowest BCUT2D eigenvalue weighted by Gasteiger charge is -2.20. The molecule has 0 fully saturated rings. The minimum atomic E-state index is 0.405. The largest absolute Gasteiger partial charge is 0.314 e. The van der Waals surface area contributed by atoms with Gasteiger partial charge in [-0.05, 0) is 72.3 Å². The smallest absolute Gasteiger partial charge is 0.0453 e. The fourth-order valence-corrected chi connectivity index (χ4v) is 3.63. The van der Waals surface area contributed by atoms with Gasteiger partial charge in [0, 0.05) is 16.1 Å². The first kappa shape index (κ1) is 16.8. The summed E-state index contributed by atoms with van der Waals surface area (Å²) in [5.74, 6) is 0. The highest BCUT2D eigenvalue weighted by molar-refractivity contribution is 7.07. The van der Waals surface area contributed by atoms with Crippen LogP contribution in [0.5, 0.6) is 0 Å². The Labute approximate surface area is 141 Å². The molecule has 0 bridgehead atoms. The summed E-state index contributed by atoms with van der Waals surface area (Å²) in [5.41, 5.74) is 2.47. The first-order chi connectivity index (χ1) is 10.2. The first-order valence-corrected chi connectivity index (χ1v) is 9.08. The van der Waals surface area contributed by atoms with Crippen molar-refractivity contribution in [3.05, 3.63) is 56.2 Å². The van der Waals surface area contributed by atoms with Crippen molar-refractivity contribution in [1.29, 1.82) is 0 Å². The minimum absolute atomic E-state index is 0.405. The zero-order chi connectivity index (χ0) is 15.1. The van der Waals surface area contributed by atoms with Gasteiger partial charge >= 0.3 is 0 Å². The summed E-state index contributed by atoms with van der Waals surface area (Å²) in [6.07, 6.45) is 4.19. The Kier molecular flexibility index (Phi) is 7.05. The zero-order valence-corrected chi connectivity index (χ0v) is 14.6. The highest BCUT2D eigenvalue weighted by atomic mass is 35.5. The lowest BCUT2D eigenvalue weighted by molar-refractivity contribution is 0.478. The van der Waals surface area contributed by atoms with Gasteiger partial charge in [0.05, 0.1) is 0 Å². The lowest BCUT2D eigenvalue weighted by atomic mass is 9.99. The third-order valence-corrected chi connectivity index (χ3v) is 5.00. The molecular weight excluding hydrogens is 321 g/mol. The Morgan fingerprint density at radius 3 is 2.57 bits per heavy atom. The molecule has 1 heterocycles. The van der Waals surface area contributed by atoms with E-state index in [2.05, 4.69) is 29.1 Å². The molecule has 0 aliphatic carbocycles. The van der Waals surface area contributed by atoms with Crippen molar-refractivity contribution in [3.63, 3.8) is 0 Å². The summed E-state index contributed by atoms with van der Waals surface area (Å²) in [7, 11) is 0. The number of hydrogen-bond donors (Lipinski definition) is 1. The van der Waals surface area contributed by atoms with Crippen LogP contribution in [-0.4, -0.2) is 12.6 Å². The van der Waals surface area contributed by atoms with Crippen molar-refractivity contribution in [3.8, 4) is 0 Å². The van der Waals surface area contributed by atoms with Gasteiger partial charge in [0.25, 0.3) is 0 Å². The SMILES string of the molecule is CCCNC(CCc1ccsc1)Cc1c(Cl)cccc1Cl. The monoisotopic (exact) mass is 341 g/mol. The summed E-state index contributed by atoms with van der Waals surface area (Å²) in [5, 5.41) is 9.51. The minimum Gasteiger partial charge on any atom is -0.314 e. The van der Waals surface area contributed by atoms with Crippen LogP contribution in [0.1, 0.15) is 30.9 Å². The van der Waals surface area contributed by atoms with E-state index in [4.69, 9.17) is 23.2 Å². The van der Waals surface area contributed by atoms with Crippen molar-refractivity contribution in [2.24, 2.45) is 0 Å². The molecule has 114 valence electrons. The zero-order valence-electron chi connectivity index (χ0n) is 12.2. The van der Waals surface area contributed by atoms with Gasteiger partial charge in [-0.25, -0.2) is 0 Å². The molecule has 0 saturated heterocycles. The predicted molar refractivity (Wildman–Crippen MR) is 94.9 cm³/mol. The average molecular weight is 342 g/mol. The number of nitrogens with one attached hydrogen (secondary N) is 1. The second kappa shape index (κ2) is 8.79. The highest BCUT2D eigenvalue weighted by Gasteiger charge is 2.14. The third-order valence-electron chi connectivity index (χ3n) is 3.56. The number of thiophene rings is 1. The molecular formula is C17H21Cl2NS. The van der Waals surface area contributed by atoms with Crippen LogP contribution >= 0.6 is 34.5 Å². The van der Waals surface area contributed by atoms with Crippen LogP contribution in [0.3, 0.4) is 0 Å². The summed E-state index contributed by atoms with van der Waals surface area (Å²) in [6, 6.07) is 8.33. The van der Waals surface area contributed by atoms with Crippen LogP contribution in [0.25, 0.3) is 0 Å². The molecule has 2 rings (SSSR count). The van der Waals surface area contributed by atoms with E-state index in [0.717, 1.165) is 47.8 Å². The van der Waals surface area contributed by atoms with E-state index < -0.39 is 0 Å². The maximum Gasteiger partial charge on any atom is 0.0453 e. The van der Waals surface area contributed by atoms with Crippen LogP contribution in [0.4, 0.5) is 0 Å². The number of benzene rings is 1. The van der Waals surface area contributed by atoms with Crippen LogP contribution in [0.15, 0.2) is 35.0 Å². The van der Waals surface area contributed by atoms with Crippen molar-refractivity contribution < 1.29 is 0 Å². The molecule has 0 saturated carbocycles. The molecule has 1 atom stereocenters. The van der Waals surface area contributed by atoms with E-state index in [-0.39, 0.29) is 0 Å². The number of halogens is 2. The first-order valence-electron chi connectivity index (χ1n) is 7.38. The Morgan fingerprint density at radius 1 is 1.19 bits per heavy atom. The molecule has 21 heavy (non-hydrogen) atoms. The van der Waals surface area contributed by atoms with Gasteiger partial charge in [0.1, 0.15) is 0 Å². The molecule has 1 nitrogen and oxygen atoms in total. The quantitative estimate of drug-likeness (QED) is 0.658. The standard InChI is InChI=1S/C17H21Cl2NS/c1-2-9-20-14(7-6-13-8-10-21-12-13)11-15-16(18)4-3-5-17(15)19/h3-5,8,10,12,14,20H,2,6-7,9,11H2,1H3. The van der Waals surface area contributed by atoms with Gasteiger partial charge in [-0.15, -0.1) is 0 Å². The van der Waals surface area contributed by atoms with E-state index in [0.29, 0.717) is 6.04 Å². The summed E-state index contributed by atoms with van der Waals surface area (Å²) in [6.45, 7) is 3.21. The molecule has 1 N–H and O–H groups in total. The molecule has 4 heteroatoms. The van der Waals surface area contributed by atoms with Crippen LogP contribution in [-0.2, 0) is 12.8 Å². The van der Waals surface area contributed by atoms with Gasteiger partial charge in [0.2, 0.25) is 0 Å². The van der Waals surface area contributed by atoms with Crippen molar-refractivity contribution in [1.82, 2.24) is 5.32 Å². The second-order valence-corrected chi connectivity index (χ2v) is 6.82. The molecule has 0 spiro atoms. The fourth-order valence-electron chi connectivity index (χ4n) is 2.37. The summed E-state index contributed by atoms with van der Waals surface area (Å²) < 4.78 is 0. The van der Waals surface area contributed by atoms with Gasteiger partial charge in [-0.1, -0.05) is 36.2 Å². The maximum absolute atomic E-state index is 6.30. The summed E-state index contributed by atoms with van der Waals surface area (Å²) >= 11 is 14.3. The maximum atomic E-state index is 6.30. The lowest BCUT2D eigenvalue weighted by Crippen LogP contribution is -2.32. The molecule has 1 unspecified atom stereocenters. The molecule has 0 aliphatic rings. The van der Waals surface area contributed by atoms with Gasteiger partial charge in [0.15, 0.2) is 0 Å². The van der Waals surface area contributed by atoms with Crippen molar-refractivity contribution in [2.75, 3.05) is 6.54 Å². The van der Waals surface area contributed by atoms with Gasteiger partial charge in [-0.3, -0.25) is 0 Å². The average Bonchev–Trinajstić information content (AvgIpc) is 2.98. The Morgan fingerprint density at radius 2 is 1.95 bits per heavy atom. The molecule has 0 radical (unpaired) electrons. The molecule has 0 amide bonds. The normalized spacial score (nSPS) is 12.5. The fraction of sp³-hybridized carbons (Fsp3) is 0.412. The van der Waals surface area contributed by atoms with Crippen molar-refractivity contribution in [2.45, 2.75) is 38.6 Å². The van der Waals surface area contributed by atoms with E-state index in [9.17, 15) is 0 Å². The third kappa shape index (κ3) is 5.30. The molecule has 0 aliphatic heterocycles. The van der Waals surface area contributed by atoms with E-state index >= 15 is 0 Å². The van der Waals surface area contributed by atoms with E-state index in [1.165, 1.54) is 5.56 Å². The molecule has 2 aromatic rings. The van der Waals surface area contributed by atoms with Crippen LogP contribution in [0, 0.1) is 0 Å². The van der Waals surface area contributed by atoms with E-state index in [1.54, 1.807) is 11.3 Å². The van der Waals surface area contributed by atoms with E-state index in [1.807, 2.05) is 18.2 Å². The van der Waals surface area contributed by atoms with Crippen LogP contribution < -0.4 is 5.32 Å². The number of aryl methyl sites for hydroxylation is 1. The predicted octanol–water partition coefficient (Wildman–Crippen LogP) is 5.60. The summed E-state index contributed by atoms with van der Waals surface area (Å²) in [4.78, 5) is 0. The Bertz CT molecular complexity index is 519.